The minimum Gasteiger partial charge on any atom is -0.309 e. The third kappa shape index (κ3) is 5.07. The number of sulfonamides is 1. The van der Waals surface area contributed by atoms with E-state index in [1.165, 1.54) is 17.7 Å². The van der Waals surface area contributed by atoms with E-state index in [4.69, 9.17) is 10.2 Å². The Morgan fingerprint density at radius 3 is 2.39 bits per heavy atom. The van der Waals surface area contributed by atoms with Gasteiger partial charge >= 0.3 is 0 Å². The van der Waals surface area contributed by atoms with Crippen LogP contribution in [0.1, 0.15) is 37.2 Å². The van der Waals surface area contributed by atoms with Gasteiger partial charge in [0.2, 0.25) is 10.0 Å². The van der Waals surface area contributed by atoms with Crippen LogP contribution in [-0.2, 0) is 23.0 Å². The summed E-state index contributed by atoms with van der Waals surface area (Å²) < 4.78 is 24.9. The summed E-state index contributed by atoms with van der Waals surface area (Å²) in [5.41, 5.74) is 3.97. The molecule has 0 aliphatic carbocycles. The average Bonchev–Trinajstić information content (AvgIpc) is 3.09. The molecule has 6 nitrogen and oxygen atoms in total. The quantitative estimate of drug-likeness (QED) is 0.610. The van der Waals surface area contributed by atoms with Crippen molar-refractivity contribution in [3.63, 3.8) is 0 Å². The summed E-state index contributed by atoms with van der Waals surface area (Å²) in [7, 11) is -3.72. The van der Waals surface area contributed by atoms with Crippen molar-refractivity contribution in [3.05, 3.63) is 77.6 Å². The average molecular weight is 399 g/mol. The maximum Gasteiger partial charge on any atom is 0.238 e. The molecule has 0 bridgehead atoms. The zero-order valence-electron chi connectivity index (χ0n) is 16.2. The molecule has 1 heterocycles. The van der Waals surface area contributed by atoms with Crippen molar-refractivity contribution in [3.8, 4) is 5.69 Å². The van der Waals surface area contributed by atoms with E-state index in [2.05, 4.69) is 37.4 Å². The number of nitrogens with zero attached hydrogens (tertiary/aromatic N) is 2. The highest BCUT2D eigenvalue weighted by Gasteiger charge is 2.13. The molecule has 1 atom stereocenters. The van der Waals surface area contributed by atoms with Gasteiger partial charge in [0.05, 0.1) is 16.3 Å². The molecule has 7 heteroatoms. The summed E-state index contributed by atoms with van der Waals surface area (Å²) in [6.07, 6.45) is 1.78. The standard InChI is InChI=1S/C21H26N4O2S/c1-3-16(2)23-15-18-14-20(13-17-7-5-4-6-8-17)25(24-18)19-9-11-21(12-10-19)28(22,26)27/h4-12,14,16,23H,3,13,15H2,1-2H3,(H2,22,26,27). The molecule has 0 fully saturated rings. The van der Waals surface area contributed by atoms with Crippen LogP contribution in [0, 0.1) is 0 Å². The van der Waals surface area contributed by atoms with Gasteiger partial charge in [-0.15, -0.1) is 0 Å². The molecule has 0 spiro atoms. The zero-order valence-corrected chi connectivity index (χ0v) is 17.0. The Morgan fingerprint density at radius 2 is 1.79 bits per heavy atom. The third-order valence-electron chi connectivity index (χ3n) is 4.72. The van der Waals surface area contributed by atoms with Crippen LogP contribution in [0.25, 0.3) is 5.69 Å². The maximum atomic E-state index is 11.5. The molecule has 0 saturated carbocycles. The molecule has 2 aromatic carbocycles. The monoisotopic (exact) mass is 398 g/mol. The summed E-state index contributed by atoms with van der Waals surface area (Å²) in [6.45, 7) is 4.97. The fourth-order valence-electron chi connectivity index (χ4n) is 2.92. The van der Waals surface area contributed by atoms with E-state index in [0.717, 1.165) is 29.9 Å². The van der Waals surface area contributed by atoms with Crippen LogP contribution >= 0.6 is 0 Å². The third-order valence-corrected chi connectivity index (χ3v) is 5.64. The van der Waals surface area contributed by atoms with Crippen LogP contribution in [0.15, 0.2) is 65.6 Å². The van der Waals surface area contributed by atoms with Crippen LogP contribution in [0.2, 0.25) is 0 Å². The number of hydrogen-bond donors (Lipinski definition) is 2. The fourth-order valence-corrected chi connectivity index (χ4v) is 3.43. The van der Waals surface area contributed by atoms with Gasteiger partial charge in [0, 0.05) is 24.7 Å². The lowest BCUT2D eigenvalue weighted by Crippen LogP contribution is -2.24. The topological polar surface area (TPSA) is 90.0 Å². The number of primary sulfonamides is 1. The predicted octanol–water partition coefficient (Wildman–Crippen LogP) is 3.00. The van der Waals surface area contributed by atoms with Crippen LogP contribution in [0.4, 0.5) is 0 Å². The van der Waals surface area contributed by atoms with Gasteiger partial charge in [-0.3, -0.25) is 0 Å². The second-order valence-electron chi connectivity index (χ2n) is 6.93. The van der Waals surface area contributed by atoms with Gasteiger partial charge in [0.15, 0.2) is 0 Å². The molecule has 28 heavy (non-hydrogen) atoms. The summed E-state index contributed by atoms with van der Waals surface area (Å²) in [5, 5.41) is 13.4. The molecule has 0 amide bonds. The number of hydrogen-bond acceptors (Lipinski definition) is 4. The molecule has 0 aliphatic rings. The van der Waals surface area contributed by atoms with E-state index in [1.54, 1.807) is 12.1 Å². The Labute approximate surface area is 166 Å². The Hall–Kier alpha value is -2.48. The highest BCUT2D eigenvalue weighted by atomic mass is 32.2. The van der Waals surface area contributed by atoms with E-state index in [0.29, 0.717) is 12.6 Å². The lowest BCUT2D eigenvalue weighted by molar-refractivity contribution is 0.527. The first-order valence-corrected chi connectivity index (χ1v) is 10.9. The molecular weight excluding hydrogens is 372 g/mol. The van der Waals surface area contributed by atoms with Gasteiger partial charge in [-0.2, -0.15) is 5.10 Å². The molecule has 3 N–H and O–H groups in total. The van der Waals surface area contributed by atoms with Crippen LogP contribution in [0.3, 0.4) is 0 Å². The summed E-state index contributed by atoms with van der Waals surface area (Å²) in [5.74, 6) is 0. The number of aromatic nitrogens is 2. The lowest BCUT2D eigenvalue weighted by atomic mass is 10.1. The Kier molecular flexibility index (Phi) is 6.28. The first-order valence-electron chi connectivity index (χ1n) is 9.35. The molecule has 0 radical (unpaired) electrons. The van der Waals surface area contributed by atoms with Gasteiger partial charge in [-0.05, 0) is 49.2 Å². The summed E-state index contributed by atoms with van der Waals surface area (Å²) in [4.78, 5) is 0.0895. The Balaban J connectivity index is 1.93. The predicted molar refractivity (Wildman–Crippen MR) is 111 cm³/mol. The van der Waals surface area contributed by atoms with E-state index in [9.17, 15) is 8.42 Å². The fraction of sp³-hybridized carbons (Fsp3) is 0.286. The van der Waals surface area contributed by atoms with Crippen molar-refractivity contribution in [2.24, 2.45) is 5.14 Å². The highest BCUT2D eigenvalue weighted by molar-refractivity contribution is 7.89. The molecular formula is C21H26N4O2S. The Bertz CT molecular complexity index is 1010. The molecule has 148 valence electrons. The zero-order chi connectivity index (χ0) is 20.1. The second-order valence-corrected chi connectivity index (χ2v) is 8.49. The lowest BCUT2D eigenvalue weighted by Gasteiger charge is -2.09. The van der Waals surface area contributed by atoms with Gasteiger partial charge in [0.25, 0.3) is 0 Å². The van der Waals surface area contributed by atoms with E-state index in [1.807, 2.05) is 22.9 Å². The van der Waals surface area contributed by atoms with Crippen molar-refractivity contribution in [1.29, 1.82) is 0 Å². The van der Waals surface area contributed by atoms with Crippen molar-refractivity contribution in [2.75, 3.05) is 0 Å². The summed E-state index contributed by atoms with van der Waals surface area (Å²) >= 11 is 0. The largest absolute Gasteiger partial charge is 0.309 e. The van der Waals surface area contributed by atoms with E-state index >= 15 is 0 Å². The van der Waals surface area contributed by atoms with Gasteiger partial charge in [0.1, 0.15) is 0 Å². The maximum absolute atomic E-state index is 11.5. The SMILES string of the molecule is CCC(C)NCc1cc(Cc2ccccc2)n(-c2ccc(S(N)(=O)=O)cc2)n1. The van der Waals surface area contributed by atoms with Gasteiger partial charge in [-0.1, -0.05) is 37.3 Å². The molecule has 1 unspecified atom stereocenters. The van der Waals surface area contributed by atoms with Crippen molar-refractivity contribution < 1.29 is 8.42 Å². The van der Waals surface area contributed by atoms with Gasteiger partial charge in [-0.25, -0.2) is 18.2 Å². The molecule has 0 aliphatic heterocycles. The van der Waals surface area contributed by atoms with E-state index in [-0.39, 0.29) is 4.90 Å². The van der Waals surface area contributed by atoms with Crippen molar-refractivity contribution in [1.82, 2.24) is 15.1 Å². The second kappa shape index (κ2) is 8.68. The highest BCUT2D eigenvalue weighted by Crippen LogP contribution is 2.18. The number of rotatable bonds is 8. The summed E-state index contributed by atoms with van der Waals surface area (Å²) in [6, 6.07) is 19.2. The minimum absolute atomic E-state index is 0.0895. The van der Waals surface area contributed by atoms with Crippen LogP contribution in [-0.4, -0.2) is 24.2 Å². The Morgan fingerprint density at radius 1 is 1.11 bits per heavy atom. The number of nitrogens with two attached hydrogens (primary N) is 1. The smallest absolute Gasteiger partial charge is 0.238 e. The minimum atomic E-state index is -3.72. The van der Waals surface area contributed by atoms with Crippen LogP contribution < -0.4 is 10.5 Å². The molecule has 3 aromatic rings. The molecule has 3 rings (SSSR count). The van der Waals surface area contributed by atoms with E-state index < -0.39 is 10.0 Å². The van der Waals surface area contributed by atoms with Gasteiger partial charge < -0.3 is 5.32 Å². The van der Waals surface area contributed by atoms with Crippen LogP contribution in [0.5, 0.6) is 0 Å². The van der Waals surface area contributed by atoms with Crippen molar-refractivity contribution >= 4 is 10.0 Å². The number of nitrogens with one attached hydrogen (secondary N) is 1. The normalized spacial score (nSPS) is 12.8. The molecule has 1 aromatic heterocycles. The first kappa shape index (κ1) is 20.3. The first-order chi connectivity index (χ1) is 13.4. The van der Waals surface area contributed by atoms with Crippen molar-refractivity contribution in [2.45, 2.75) is 44.2 Å². The number of benzene rings is 2. The molecule has 0 saturated heterocycles.